The van der Waals surface area contributed by atoms with Gasteiger partial charge < -0.3 is 19.3 Å². The highest BCUT2D eigenvalue weighted by atomic mass is 35.5. The van der Waals surface area contributed by atoms with E-state index in [0.717, 1.165) is 9.87 Å². The Hall–Kier alpha value is -3.90. The Bertz CT molecular complexity index is 1440. The summed E-state index contributed by atoms with van der Waals surface area (Å²) in [5.41, 5.74) is 1.39. The predicted octanol–water partition coefficient (Wildman–Crippen LogP) is 3.41. The molecule has 0 fully saturated rings. The summed E-state index contributed by atoms with van der Waals surface area (Å²) in [5.74, 6) is 0.371. The summed E-state index contributed by atoms with van der Waals surface area (Å²) in [6, 6.07) is 12.1. The van der Waals surface area contributed by atoms with Crippen molar-refractivity contribution in [3.05, 3.63) is 59.6 Å². The molecule has 0 atom stereocenters. The first kappa shape index (κ1) is 24.2. The number of hydrogen-bond acceptors (Lipinski definition) is 8. The lowest BCUT2D eigenvalue weighted by Gasteiger charge is -2.22. The van der Waals surface area contributed by atoms with Crippen LogP contribution in [0, 0.1) is 0 Å². The summed E-state index contributed by atoms with van der Waals surface area (Å²) in [7, 11) is -1.31. The van der Waals surface area contributed by atoms with E-state index in [9.17, 15) is 13.2 Å². The lowest BCUT2D eigenvalue weighted by Crippen LogP contribution is -2.36. The number of carbonyl (C=O) groups excluding carboxylic acids is 1. The van der Waals surface area contributed by atoms with Crippen LogP contribution in [0.3, 0.4) is 0 Å². The minimum Gasteiger partial charge on any atom is -0.495 e. The first-order chi connectivity index (χ1) is 16.7. The highest BCUT2D eigenvalue weighted by molar-refractivity contribution is 7.88. The highest BCUT2D eigenvalue weighted by Gasteiger charge is 2.30. The number of amides is 1. The average Bonchev–Trinajstić information content (AvgIpc) is 3.31. The van der Waals surface area contributed by atoms with Gasteiger partial charge in [-0.05, 0) is 13.0 Å². The lowest BCUT2D eigenvalue weighted by atomic mass is 10.2. The maximum Gasteiger partial charge on any atom is 0.344 e. The minimum atomic E-state index is -4.16. The Morgan fingerprint density at radius 2 is 1.86 bits per heavy atom. The molecule has 1 N–H and O–H groups in total. The van der Waals surface area contributed by atoms with Gasteiger partial charge in [0.05, 0.1) is 36.2 Å². The molecular formula is C22H20ClN5O6S. The molecule has 0 aliphatic carbocycles. The van der Waals surface area contributed by atoms with Crippen LogP contribution in [0.2, 0.25) is 5.02 Å². The molecule has 182 valence electrons. The van der Waals surface area contributed by atoms with E-state index in [2.05, 4.69) is 19.9 Å². The third kappa shape index (κ3) is 5.12. The third-order valence-electron chi connectivity index (χ3n) is 4.95. The maximum atomic E-state index is 12.7. The number of nitrogens with zero attached hydrogens (tertiary/aromatic N) is 4. The molecule has 4 rings (SSSR count). The molecule has 11 nitrogen and oxygen atoms in total. The van der Waals surface area contributed by atoms with Crippen molar-refractivity contribution in [2.24, 2.45) is 4.40 Å². The molecule has 0 unspecified atom stereocenters. The van der Waals surface area contributed by atoms with E-state index in [1.807, 2.05) is 30.3 Å². The van der Waals surface area contributed by atoms with Crippen LogP contribution in [-0.2, 0) is 15.0 Å². The van der Waals surface area contributed by atoms with Crippen molar-refractivity contribution >= 4 is 44.7 Å². The second kappa shape index (κ2) is 9.76. The normalized spacial score (nSPS) is 14.7. The number of hydrogen-bond donors (Lipinski definition) is 1. The molecule has 35 heavy (non-hydrogen) atoms. The molecule has 1 aliphatic rings. The van der Waals surface area contributed by atoms with Crippen molar-refractivity contribution in [1.29, 1.82) is 0 Å². The van der Waals surface area contributed by atoms with Crippen LogP contribution >= 0.6 is 11.6 Å². The van der Waals surface area contributed by atoms with Gasteiger partial charge >= 0.3 is 10.2 Å². The van der Waals surface area contributed by atoms with Gasteiger partial charge in [-0.3, -0.25) is 4.79 Å². The van der Waals surface area contributed by atoms with Gasteiger partial charge in [0.1, 0.15) is 18.0 Å². The molecule has 1 aliphatic heterocycles. The van der Waals surface area contributed by atoms with Gasteiger partial charge in [-0.1, -0.05) is 47.1 Å². The average molecular weight is 518 g/mol. The largest absolute Gasteiger partial charge is 0.495 e. The first-order valence-corrected chi connectivity index (χ1v) is 11.9. The number of allylic oxidation sites excluding steroid dienone is 1. The van der Waals surface area contributed by atoms with Gasteiger partial charge in [0.2, 0.25) is 11.7 Å². The summed E-state index contributed by atoms with van der Waals surface area (Å²) in [6.45, 7) is 0.923. The van der Waals surface area contributed by atoms with Crippen LogP contribution in [0.4, 0.5) is 5.69 Å². The van der Waals surface area contributed by atoms with Gasteiger partial charge in [-0.25, -0.2) is 4.31 Å². The number of benzene rings is 2. The fraction of sp³-hybridized carbons (Fsp3) is 0.182. The monoisotopic (exact) mass is 517 g/mol. The molecule has 0 saturated heterocycles. The SMILES string of the molecule is COc1cc(OC)c(NC(=O)CN2C=C(c3nc(-c4ccccc4)no3)C(C)=NS2(=O)=O)cc1Cl. The van der Waals surface area contributed by atoms with Crippen LogP contribution in [-0.4, -0.2) is 55.2 Å². The molecule has 0 radical (unpaired) electrons. The second-order valence-electron chi connectivity index (χ2n) is 7.27. The molecule has 1 amide bonds. The zero-order valence-electron chi connectivity index (χ0n) is 18.9. The van der Waals surface area contributed by atoms with E-state index >= 15 is 0 Å². The van der Waals surface area contributed by atoms with E-state index in [0.29, 0.717) is 11.6 Å². The third-order valence-corrected chi connectivity index (χ3v) is 6.57. The summed E-state index contributed by atoms with van der Waals surface area (Å²) in [5, 5.41) is 6.78. The number of anilines is 1. The number of aromatic nitrogens is 2. The molecule has 2 heterocycles. The molecule has 0 saturated carbocycles. The van der Waals surface area contributed by atoms with E-state index in [-0.39, 0.29) is 33.6 Å². The fourth-order valence-electron chi connectivity index (χ4n) is 3.24. The van der Waals surface area contributed by atoms with Crippen LogP contribution in [0.25, 0.3) is 17.0 Å². The fourth-order valence-corrected chi connectivity index (χ4v) is 4.55. The Morgan fingerprint density at radius 1 is 1.14 bits per heavy atom. The van der Waals surface area contributed by atoms with Crippen LogP contribution in [0.1, 0.15) is 12.8 Å². The Kier molecular flexibility index (Phi) is 6.76. The number of rotatable bonds is 7. The van der Waals surface area contributed by atoms with Gasteiger partial charge in [0, 0.05) is 17.8 Å². The molecule has 0 bridgehead atoms. The van der Waals surface area contributed by atoms with Crippen LogP contribution < -0.4 is 14.8 Å². The van der Waals surface area contributed by atoms with Crippen molar-refractivity contribution in [3.8, 4) is 22.9 Å². The number of methoxy groups -OCH3 is 2. The number of ether oxygens (including phenoxy) is 2. The van der Waals surface area contributed by atoms with Gasteiger partial charge in [-0.2, -0.15) is 13.4 Å². The first-order valence-electron chi connectivity index (χ1n) is 10.1. The Labute approximate surface area is 206 Å². The topological polar surface area (TPSA) is 136 Å². The molecule has 0 spiro atoms. The van der Waals surface area contributed by atoms with Crippen molar-refractivity contribution < 1.29 is 27.2 Å². The maximum absolute atomic E-state index is 12.7. The molecule has 3 aromatic rings. The molecule has 1 aromatic heterocycles. The number of nitrogens with one attached hydrogen (secondary N) is 1. The van der Waals surface area contributed by atoms with Gasteiger partial charge in [0.25, 0.3) is 5.89 Å². The van der Waals surface area contributed by atoms with Crippen molar-refractivity contribution in [1.82, 2.24) is 14.4 Å². The summed E-state index contributed by atoms with van der Waals surface area (Å²) in [6.07, 6.45) is 1.23. The highest BCUT2D eigenvalue weighted by Crippen LogP contribution is 2.36. The molecular weight excluding hydrogens is 498 g/mol. The van der Waals surface area contributed by atoms with E-state index in [4.69, 9.17) is 25.6 Å². The molecule has 2 aromatic carbocycles. The van der Waals surface area contributed by atoms with E-state index in [1.54, 1.807) is 0 Å². The van der Waals surface area contributed by atoms with Crippen molar-refractivity contribution in [2.45, 2.75) is 6.92 Å². The van der Waals surface area contributed by atoms with Gasteiger partial charge in [0.15, 0.2) is 0 Å². The van der Waals surface area contributed by atoms with E-state index < -0.39 is 22.7 Å². The summed E-state index contributed by atoms with van der Waals surface area (Å²) >= 11 is 6.14. The van der Waals surface area contributed by atoms with E-state index in [1.165, 1.54) is 39.5 Å². The Balaban J connectivity index is 1.58. The van der Waals surface area contributed by atoms with Gasteiger partial charge in [-0.15, -0.1) is 4.40 Å². The lowest BCUT2D eigenvalue weighted by molar-refractivity contribution is -0.116. The number of carbonyl (C=O) groups is 1. The standard InChI is InChI=1S/C22H20ClN5O6S/c1-13-15(22-25-21(26-34-22)14-7-5-4-6-8-14)11-28(35(30,31)27-13)12-20(29)24-17-9-16(23)18(32-2)10-19(17)33-3/h4-11H,12H2,1-3H3,(H,24,29). The summed E-state index contributed by atoms with van der Waals surface area (Å²) in [4.78, 5) is 17.1. The zero-order chi connectivity index (χ0) is 25.2. The van der Waals surface area contributed by atoms with Crippen molar-refractivity contribution in [2.75, 3.05) is 26.1 Å². The number of halogens is 1. The van der Waals surface area contributed by atoms with Crippen LogP contribution in [0.5, 0.6) is 11.5 Å². The predicted molar refractivity (Wildman–Crippen MR) is 130 cm³/mol. The van der Waals surface area contributed by atoms with Crippen LogP contribution in [0.15, 0.2) is 57.6 Å². The quantitative estimate of drug-likeness (QED) is 0.503. The Morgan fingerprint density at radius 3 is 2.54 bits per heavy atom. The summed E-state index contributed by atoms with van der Waals surface area (Å²) < 4.78 is 45.5. The van der Waals surface area contributed by atoms with Crippen molar-refractivity contribution in [3.63, 3.8) is 0 Å². The smallest absolute Gasteiger partial charge is 0.344 e. The zero-order valence-corrected chi connectivity index (χ0v) is 20.4. The second-order valence-corrected chi connectivity index (χ2v) is 9.22. The minimum absolute atomic E-state index is 0.0639. The molecule has 13 heteroatoms.